The van der Waals surface area contributed by atoms with Gasteiger partial charge in [0.25, 0.3) is 0 Å². The van der Waals surface area contributed by atoms with Gasteiger partial charge in [-0.3, -0.25) is 4.79 Å². The number of benzene rings is 2. The molecule has 0 spiro atoms. The van der Waals surface area contributed by atoms with Gasteiger partial charge in [-0.05, 0) is 60.2 Å². The number of amides is 1. The molecule has 0 bridgehead atoms. The van der Waals surface area contributed by atoms with Crippen molar-refractivity contribution in [3.05, 3.63) is 59.2 Å². The van der Waals surface area contributed by atoms with E-state index in [9.17, 15) is 13.6 Å². The molecule has 2 aromatic rings. The number of rotatable bonds is 6. The lowest BCUT2D eigenvalue weighted by Gasteiger charge is -2.30. The summed E-state index contributed by atoms with van der Waals surface area (Å²) in [4.78, 5) is 13.6. The molecule has 1 amide bonds. The van der Waals surface area contributed by atoms with Gasteiger partial charge in [0, 0.05) is 24.4 Å². The van der Waals surface area contributed by atoms with Crippen molar-refractivity contribution in [3.63, 3.8) is 0 Å². The van der Waals surface area contributed by atoms with E-state index in [2.05, 4.69) is 4.72 Å². The number of carbonyl (C=O) groups is 1. The minimum atomic E-state index is -0.382. The lowest BCUT2D eigenvalue weighted by Crippen LogP contribution is -2.36. The maximum absolute atomic E-state index is 14.6. The number of carbonyl (C=O) groups excluding carboxylic acids is 1. The number of hydrogen-bond acceptors (Lipinski definition) is 3. The van der Waals surface area contributed by atoms with Gasteiger partial charge in [0.2, 0.25) is 5.91 Å². The number of anilines is 2. The van der Waals surface area contributed by atoms with Crippen molar-refractivity contribution < 1.29 is 13.6 Å². The predicted octanol–water partition coefficient (Wildman–Crippen LogP) is 4.91. The van der Waals surface area contributed by atoms with Crippen molar-refractivity contribution in [3.8, 4) is 0 Å². The first kappa shape index (κ1) is 17.7. The van der Waals surface area contributed by atoms with Gasteiger partial charge in [0.15, 0.2) is 0 Å². The largest absolute Gasteiger partial charge is 0.329 e. The lowest BCUT2D eigenvalue weighted by atomic mass is 10.00. The van der Waals surface area contributed by atoms with Gasteiger partial charge in [-0.1, -0.05) is 19.1 Å². The topological polar surface area (TPSA) is 32.3 Å². The Bertz CT molecular complexity index is 782. The molecule has 0 saturated heterocycles. The monoisotopic (exact) mass is 362 g/mol. The molecule has 25 heavy (non-hydrogen) atoms. The fraction of sp³-hybridized carbons (Fsp3) is 0.316. The smallest absolute Gasteiger partial charge is 0.227 e. The highest BCUT2D eigenvalue weighted by Gasteiger charge is 2.27. The van der Waals surface area contributed by atoms with Crippen LogP contribution in [0.25, 0.3) is 0 Å². The summed E-state index contributed by atoms with van der Waals surface area (Å²) in [5.74, 6) is -0.0995. The summed E-state index contributed by atoms with van der Waals surface area (Å²) in [6, 6.07) is 9.72. The van der Waals surface area contributed by atoms with E-state index in [1.165, 1.54) is 30.1 Å². The highest BCUT2D eigenvalue weighted by atomic mass is 32.2. The molecule has 1 aliphatic rings. The highest BCUT2D eigenvalue weighted by molar-refractivity contribution is 7.99. The van der Waals surface area contributed by atoms with Crippen molar-refractivity contribution in [1.82, 2.24) is 0 Å². The third-order valence-corrected chi connectivity index (χ3v) is 4.94. The number of fused-ring (bicyclic) bond motifs is 1. The van der Waals surface area contributed by atoms with Gasteiger partial charge in [0.05, 0.1) is 5.69 Å². The minimum absolute atomic E-state index is 0.0190. The molecule has 0 unspecified atom stereocenters. The molecular formula is C19H20F2N2OS. The van der Waals surface area contributed by atoms with Crippen LogP contribution in [0.5, 0.6) is 0 Å². The minimum Gasteiger partial charge on any atom is -0.329 e. The SMILES string of the molecule is CCCN1C(=O)CCc2cc(NSCc3cccc(F)c3)cc(F)c21. The average Bonchev–Trinajstić information content (AvgIpc) is 2.58. The van der Waals surface area contributed by atoms with Crippen LogP contribution in [0.3, 0.4) is 0 Å². The number of nitrogens with one attached hydrogen (secondary N) is 1. The number of halogens is 2. The van der Waals surface area contributed by atoms with Crippen molar-refractivity contribution in [2.24, 2.45) is 0 Å². The molecule has 1 N–H and O–H groups in total. The van der Waals surface area contributed by atoms with Crippen molar-refractivity contribution in [1.29, 1.82) is 0 Å². The molecule has 1 heterocycles. The summed E-state index contributed by atoms with van der Waals surface area (Å²) in [5, 5.41) is 0. The predicted molar refractivity (Wildman–Crippen MR) is 98.7 cm³/mol. The first-order chi connectivity index (χ1) is 12.1. The second kappa shape index (κ2) is 7.87. The van der Waals surface area contributed by atoms with E-state index in [1.807, 2.05) is 19.1 Å². The van der Waals surface area contributed by atoms with E-state index < -0.39 is 0 Å². The second-order valence-corrected chi connectivity index (χ2v) is 6.81. The van der Waals surface area contributed by atoms with Crippen LogP contribution in [0.1, 0.15) is 30.9 Å². The molecule has 0 aliphatic carbocycles. The van der Waals surface area contributed by atoms with Crippen LogP contribution in [0.15, 0.2) is 36.4 Å². The van der Waals surface area contributed by atoms with Gasteiger partial charge >= 0.3 is 0 Å². The van der Waals surface area contributed by atoms with Gasteiger partial charge < -0.3 is 9.62 Å². The van der Waals surface area contributed by atoms with E-state index >= 15 is 0 Å². The highest BCUT2D eigenvalue weighted by Crippen LogP contribution is 2.34. The number of nitrogens with zero attached hydrogens (tertiary/aromatic N) is 1. The van der Waals surface area contributed by atoms with E-state index in [-0.39, 0.29) is 17.5 Å². The summed E-state index contributed by atoms with van der Waals surface area (Å²) >= 11 is 1.38. The number of aryl methyl sites for hydroxylation is 1. The summed E-state index contributed by atoms with van der Waals surface area (Å²) in [7, 11) is 0. The molecule has 0 radical (unpaired) electrons. The van der Waals surface area contributed by atoms with E-state index in [4.69, 9.17) is 0 Å². The third-order valence-electron chi connectivity index (χ3n) is 4.09. The zero-order valence-electron chi connectivity index (χ0n) is 14.0. The molecule has 0 saturated carbocycles. The van der Waals surface area contributed by atoms with Gasteiger partial charge in [0.1, 0.15) is 11.6 Å². The molecule has 0 atom stereocenters. The van der Waals surface area contributed by atoms with Gasteiger partial charge in [-0.15, -0.1) is 0 Å². The Morgan fingerprint density at radius 3 is 2.80 bits per heavy atom. The zero-order chi connectivity index (χ0) is 17.8. The maximum atomic E-state index is 14.6. The Morgan fingerprint density at radius 1 is 1.20 bits per heavy atom. The number of hydrogen-bond donors (Lipinski definition) is 1. The Morgan fingerprint density at radius 2 is 2.04 bits per heavy atom. The third kappa shape index (κ3) is 4.12. The molecule has 0 fully saturated rings. The van der Waals surface area contributed by atoms with Crippen molar-refractivity contribution in [2.75, 3.05) is 16.2 Å². The van der Waals surface area contributed by atoms with Gasteiger partial charge in [-0.25, -0.2) is 8.78 Å². The first-order valence-corrected chi connectivity index (χ1v) is 9.32. The first-order valence-electron chi connectivity index (χ1n) is 8.33. The van der Waals surface area contributed by atoms with E-state index in [1.54, 1.807) is 11.0 Å². The van der Waals surface area contributed by atoms with Crippen LogP contribution in [-0.4, -0.2) is 12.5 Å². The quantitative estimate of drug-likeness (QED) is 0.741. The summed E-state index contributed by atoms with van der Waals surface area (Å²) < 4.78 is 30.9. The maximum Gasteiger partial charge on any atom is 0.227 e. The Balaban J connectivity index is 1.72. The lowest BCUT2D eigenvalue weighted by molar-refractivity contribution is -0.118. The molecule has 2 aromatic carbocycles. The Labute approximate surface area is 150 Å². The van der Waals surface area contributed by atoms with Crippen LogP contribution < -0.4 is 9.62 Å². The van der Waals surface area contributed by atoms with E-state index in [0.717, 1.165) is 17.5 Å². The van der Waals surface area contributed by atoms with Crippen LogP contribution in [0.4, 0.5) is 20.2 Å². The normalized spacial score (nSPS) is 13.7. The molecule has 6 heteroatoms. The fourth-order valence-electron chi connectivity index (χ4n) is 3.00. The summed E-state index contributed by atoms with van der Waals surface area (Å²) in [5.41, 5.74) is 2.78. The van der Waals surface area contributed by atoms with E-state index in [0.29, 0.717) is 36.5 Å². The molecule has 1 aliphatic heterocycles. The molecule has 0 aromatic heterocycles. The van der Waals surface area contributed by atoms with Crippen molar-refractivity contribution >= 4 is 29.2 Å². The summed E-state index contributed by atoms with van der Waals surface area (Å²) in [6.07, 6.45) is 1.75. The van der Waals surface area contributed by atoms with Crippen molar-refractivity contribution in [2.45, 2.75) is 31.9 Å². The second-order valence-electron chi connectivity index (χ2n) is 6.03. The fourth-order valence-corrected chi connectivity index (χ4v) is 3.70. The van der Waals surface area contributed by atoms with Crippen LogP contribution in [0.2, 0.25) is 0 Å². The molecular weight excluding hydrogens is 342 g/mol. The molecule has 3 nitrogen and oxygen atoms in total. The molecule has 3 rings (SSSR count). The Kier molecular flexibility index (Phi) is 5.58. The standard InChI is InChI=1S/C19H20F2N2OS/c1-2-8-23-18(24)7-6-14-10-16(11-17(21)19(14)23)22-25-12-13-4-3-5-15(20)9-13/h3-5,9-11,22H,2,6-8,12H2,1H3. The van der Waals surface area contributed by atoms with Crippen LogP contribution in [-0.2, 0) is 17.0 Å². The average molecular weight is 362 g/mol. The van der Waals surface area contributed by atoms with Crippen LogP contribution in [0, 0.1) is 11.6 Å². The van der Waals surface area contributed by atoms with Gasteiger partial charge in [-0.2, -0.15) is 0 Å². The Hall–Kier alpha value is -2.08. The zero-order valence-corrected chi connectivity index (χ0v) is 14.8. The molecule has 132 valence electrons. The van der Waals surface area contributed by atoms with Crippen LogP contribution >= 0.6 is 11.9 Å². The summed E-state index contributed by atoms with van der Waals surface area (Å²) in [6.45, 7) is 2.50.